The second-order valence-corrected chi connectivity index (χ2v) is 6.15. The van der Waals surface area contributed by atoms with E-state index in [1.165, 1.54) is 11.3 Å². The van der Waals surface area contributed by atoms with Crippen LogP contribution in [0, 0.1) is 0 Å². The molecule has 1 fully saturated rings. The van der Waals surface area contributed by atoms with Gasteiger partial charge in [0.15, 0.2) is 0 Å². The maximum atomic E-state index is 12.3. The highest BCUT2D eigenvalue weighted by atomic mass is 32.1. The van der Waals surface area contributed by atoms with Gasteiger partial charge in [-0.15, -0.1) is 11.3 Å². The molecule has 3 aromatic rings. The van der Waals surface area contributed by atoms with Crippen LogP contribution in [0.4, 0.5) is 5.69 Å². The number of hydrogen-bond donors (Lipinski definition) is 1. The Morgan fingerprint density at radius 3 is 2.75 bits per heavy atom. The lowest BCUT2D eigenvalue weighted by Gasteiger charge is -2.06. The number of benzene rings is 1. The fraction of sp³-hybridized carbons (Fsp3) is 0.188. The first kappa shape index (κ1) is 15.0. The van der Waals surface area contributed by atoms with Crippen molar-refractivity contribution in [2.24, 2.45) is 0 Å². The van der Waals surface area contributed by atoms with Crippen LogP contribution in [0.25, 0.3) is 5.69 Å². The van der Waals surface area contributed by atoms with Crippen LogP contribution in [-0.4, -0.2) is 33.9 Å². The molecule has 1 saturated heterocycles. The van der Waals surface area contributed by atoms with Gasteiger partial charge < -0.3 is 14.8 Å². The molecular weight excluding hydrogens is 328 g/mol. The van der Waals surface area contributed by atoms with Crippen molar-refractivity contribution >= 4 is 22.9 Å². The third kappa shape index (κ3) is 3.07. The fourth-order valence-corrected chi connectivity index (χ4v) is 3.13. The predicted octanol–water partition coefficient (Wildman–Crippen LogP) is 2.63. The molecule has 0 atom stereocenters. The summed E-state index contributed by atoms with van der Waals surface area (Å²) in [7, 11) is 0. The number of rotatable bonds is 4. The van der Waals surface area contributed by atoms with Gasteiger partial charge >= 0.3 is 0 Å². The van der Waals surface area contributed by atoms with Crippen LogP contribution in [0.15, 0.2) is 48.9 Å². The van der Waals surface area contributed by atoms with Gasteiger partial charge in [-0.3, -0.25) is 4.79 Å². The van der Waals surface area contributed by atoms with Gasteiger partial charge in [0.05, 0.1) is 25.1 Å². The highest BCUT2D eigenvalue weighted by Gasteiger charge is 2.23. The minimum atomic E-state index is -0.454. The standard InChI is InChI=1S/C16H14N4O3S/c21-14(13-10-17-15(24-13)16-22-8-9-23-16)19-11-2-4-12(5-3-11)20-7-1-6-18-20/h1-7,10,16H,8-9H2,(H,19,21). The van der Waals surface area contributed by atoms with Crippen LogP contribution >= 0.6 is 11.3 Å². The Labute approximate surface area is 141 Å². The van der Waals surface area contributed by atoms with Crippen LogP contribution in [0.3, 0.4) is 0 Å². The van der Waals surface area contributed by atoms with Gasteiger partial charge in [0.25, 0.3) is 5.91 Å². The maximum absolute atomic E-state index is 12.3. The molecule has 3 heterocycles. The zero-order chi connectivity index (χ0) is 16.4. The lowest BCUT2D eigenvalue weighted by atomic mass is 10.3. The zero-order valence-electron chi connectivity index (χ0n) is 12.6. The fourth-order valence-electron chi connectivity index (χ4n) is 2.31. The summed E-state index contributed by atoms with van der Waals surface area (Å²) in [5, 5.41) is 7.68. The summed E-state index contributed by atoms with van der Waals surface area (Å²) < 4.78 is 12.5. The number of carbonyl (C=O) groups is 1. The SMILES string of the molecule is O=C(Nc1ccc(-n2cccn2)cc1)c1cnc(C2OCCO2)s1. The Morgan fingerprint density at radius 1 is 1.25 bits per heavy atom. The number of ether oxygens (including phenoxy) is 2. The average Bonchev–Trinajstić information content (AvgIpc) is 3.35. The number of hydrogen-bond acceptors (Lipinski definition) is 6. The molecule has 0 radical (unpaired) electrons. The smallest absolute Gasteiger partial charge is 0.267 e. The Hall–Kier alpha value is -2.55. The minimum absolute atomic E-state index is 0.205. The Morgan fingerprint density at radius 2 is 2.04 bits per heavy atom. The molecule has 122 valence electrons. The van der Waals surface area contributed by atoms with Gasteiger partial charge in [-0.05, 0) is 30.3 Å². The summed E-state index contributed by atoms with van der Waals surface area (Å²) in [6.07, 6.45) is 4.66. The van der Waals surface area contributed by atoms with E-state index in [2.05, 4.69) is 15.4 Å². The topological polar surface area (TPSA) is 78.3 Å². The average molecular weight is 342 g/mol. The Balaban J connectivity index is 1.44. The van der Waals surface area contributed by atoms with E-state index in [-0.39, 0.29) is 5.91 Å². The first-order chi connectivity index (χ1) is 11.8. The summed E-state index contributed by atoms with van der Waals surface area (Å²) in [5.74, 6) is -0.205. The minimum Gasteiger partial charge on any atom is -0.344 e. The largest absolute Gasteiger partial charge is 0.344 e. The van der Waals surface area contributed by atoms with Crippen LogP contribution < -0.4 is 5.32 Å². The lowest BCUT2D eigenvalue weighted by Crippen LogP contribution is -2.10. The number of nitrogens with one attached hydrogen (secondary N) is 1. The van der Waals surface area contributed by atoms with E-state index in [1.807, 2.05) is 36.5 Å². The number of amides is 1. The first-order valence-corrected chi connectivity index (χ1v) is 8.21. The maximum Gasteiger partial charge on any atom is 0.267 e. The van der Waals surface area contributed by atoms with E-state index in [9.17, 15) is 4.79 Å². The predicted molar refractivity (Wildman–Crippen MR) is 88.3 cm³/mol. The molecule has 1 aliphatic heterocycles. The molecule has 1 aromatic carbocycles. The van der Waals surface area contributed by atoms with Gasteiger partial charge in [0.2, 0.25) is 6.29 Å². The summed E-state index contributed by atoms with van der Waals surface area (Å²) in [5.41, 5.74) is 1.63. The van der Waals surface area contributed by atoms with E-state index in [4.69, 9.17) is 9.47 Å². The van der Waals surface area contributed by atoms with Crippen molar-refractivity contribution in [1.82, 2.24) is 14.8 Å². The van der Waals surface area contributed by atoms with E-state index in [0.717, 1.165) is 5.69 Å². The van der Waals surface area contributed by atoms with Crippen LogP contribution in [-0.2, 0) is 9.47 Å². The molecule has 1 amide bonds. The van der Waals surface area contributed by atoms with Crippen molar-refractivity contribution in [3.63, 3.8) is 0 Å². The quantitative estimate of drug-likeness (QED) is 0.788. The highest BCUT2D eigenvalue weighted by molar-refractivity contribution is 7.13. The van der Waals surface area contributed by atoms with E-state index < -0.39 is 6.29 Å². The van der Waals surface area contributed by atoms with Crippen molar-refractivity contribution < 1.29 is 14.3 Å². The molecule has 2 aromatic heterocycles. The molecule has 0 spiro atoms. The molecule has 8 heteroatoms. The van der Waals surface area contributed by atoms with E-state index in [0.29, 0.717) is 28.8 Å². The number of aromatic nitrogens is 3. The van der Waals surface area contributed by atoms with Crippen molar-refractivity contribution in [2.75, 3.05) is 18.5 Å². The molecule has 4 rings (SSSR count). The van der Waals surface area contributed by atoms with Gasteiger partial charge in [-0.2, -0.15) is 5.10 Å². The lowest BCUT2D eigenvalue weighted by molar-refractivity contribution is -0.0442. The van der Waals surface area contributed by atoms with E-state index >= 15 is 0 Å². The third-order valence-corrected chi connectivity index (χ3v) is 4.48. The van der Waals surface area contributed by atoms with Gasteiger partial charge in [-0.25, -0.2) is 9.67 Å². The summed E-state index contributed by atoms with van der Waals surface area (Å²) in [4.78, 5) is 17.0. The number of nitrogens with zero attached hydrogens (tertiary/aromatic N) is 3. The van der Waals surface area contributed by atoms with Crippen LogP contribution in [0.1, 0.15) is 21.0 Å². The van der Waals surface area contributed by atoms with Crippen molar-refractivity contribution in [3.8, 4) is 5.69 Å². The second-order valence-electron chi connectivity index (χ2n) is 5.09. The Bertz CT molecular complexity index is 823. The first-order valence-electron chi connectivity index (χ1n) is 7.40. The number of thiazole rings is 1. The molecule has 1 N–H and O–H groups in total. The van der Waals surface area contributed by atoms with Gasteiger partial charge in [0.1, 0.15) is 9.88 Å². The van der Waals surface area contributed by atoms with Gasteiger partial charge in [0, 0.05) is 18.1 Å². The summed E-state index contributed by atoms with van der Waals surface area (Å²) in [6, 6.07) is 9.30. The molecule has 0 bridgehead atoms. The summed E-state index contributed by atoms with van der Waals surface area (Å²) in [6.45, 7) is 1.10. The third-order valence-electron chi connectivity index (χ3n) is 3.46. The second kappa shape index (κ2) is 6.52. The number of anilines is 1. The molecule has 24 heavy (non-hydrogen) atoms. The zero-order valence-corrected chi connectivity index (χ0v) is 13.4. The molecule has 0 saturated carbocycles. The molecular formula is C16H14N4O3S. The highest BCUT2D eigenvalue weighted by Crippen LogP contribution is 2.27. The molecule has 7 nitrogen and oxygen atoms in total. The Kier molecular flexibility index (Phi) is 4.08. The van der Waals surface area contributed by atoms with Crippen LogP contribution in [0.5, 0.6) is 0 Å². The molecule has 0 aliphatic carbocycles. The summed E-state index contributed by atoms with van der Waals surface area (Å²) >= 11 is 1.27. The van der Waals surface area contributed by atoms with Crippen molar-refractivity contribution in [2.45, 2.75) is 6.29 Å². The van der Waals surface area contributed by atoms with E-state index in [1.54, 1.807) is 17.1 Å². The van der Waals surface area contributed by atoms with Crippen molar-refractivity contribution in [1.29, 1.82) is 0 Å². The normalized spacial score (nSPS) is 14.8. The van der Waals surface area contributed by atoms with Crippen molar-refractivity contribution in [3.05, 3.63) is 58.8 Å². The monoisotopic (exact) mass is 342 g/mol. The van der Waals surface area contributed by atoms with Crippen LogP contribution in [0.2, 0.25) is 0 Å². The number of carbonyl (C=O) groups excluding carboxylic acids is 1. The molecule has 0 unspecified atom stereocenters. The van der Waals surface area contributed by atoms with Gasteiger partial charge in [-0.1, -0.05) is 0 Å². The molecule has 1 aliphatic rings.